The summed E-state index contributed by atoms with van der Waals surface area (Å²) in [6, 6.07) is 20.9. The monoisotopic (exact) mass is 365 g/mol. The van der Waals surface area contributed by atoms with E-state index in [-0.39, 0.29) is 5.91 Å². The van der Waals surface area contributed by atoms with Crippen LogP contribution in [-0.2, 0) is 0 Å². The highest BCUT2D eigenvalue weighted by Crippen LogP contribution is 2.27. The lowest BCUT2D eigenvalue weighted by Crippen LogP contribution is -2.13. The molecule has 6 nitrogen and oxygen atoms in total. The van der Waals surface area contributed by atoms with Gasteiger partial charge in [-0.25, -0.2) is 14.5 Å². The topological polar surface area (TPSA) is 72.2 Å². The summed E-state index contributed by atoms with van der Waals surface area (Å²) in [7, 11) is 0. The molecule has 0 spiro atoms. The first-order valence-corrected chi connectivity index (χ1v) is 8.84. The first-order valence-electron chi connectivity index (χ1n) is 8.84. The van der Waals surface area contributed by atoms with Crippen molar-refractivity contribution in [3.05, 3.63) is 90.9 Å². The molecule has 3 aromatic heterocycles. The summed E-state index contributed by atoms with van der Waals surface area (Å²) in [5, 5.41) is 8.11. The average molecular weight is 365 g/mol. The van der Waals surface area contributed by atoms with Crippen molar-refractivity contribution in [2.24, 2.45) is 0 Å². The van der Waals surface area contributed by atoms with Crippen LogP contribution in [0.2, 0.25) is 0 Å². The van der Waals surface area contributed by atoms with Crippen molar-refractivity contribution in [1.82, 2.24) is 19.6 Å². The van der Waals surface area contributed by atoms with Gasteiger partial charge >= 0.3 is 0 Å². The molecule has 1 amide bonds. The molecular formula is C22H15N5O. The van der Waals surface area contributed by atoms with Gasteiger partial charge in [0, 0.05) is 23.5 Å². The Kier molecular flexibility index (Phi) is 3.80. The standard InChI is InChI=1S/C22H15N5O/c28-22(16-9-5-2-6-10-16)26-20-18-13-24-21-17(15-7-3-1-4-8-15)14-25-27(21)19(18)11-12-23-20/h1-14H,(H,23,26,28). The maximum absolute atomic E-state index is 12.5. The predicted octanol–water partition coefficient (Wildman–Crippen LogP) is 4.20. The number of fused-ring (bicyclic) bond motifs is 3. The molecule has 0 saturated carbocycles. The molecule has 0 unspecified atom stereocenters. The molecule has 1 N–H and O–H groups in total. The third-order valence-corrected chi connectivity index (χ3v) is 4.61. The van der Waals surface area contributed by atoms with E-state index in [1.165, 1.54) is 0 Å². The third-order valence-electron chi connectivity index (χ3n) is 4.61. The highest BCUT2D eigenvalue weighted by Gasteiger charge is 2.14. The number of nitrogens with zero attached hydrogens (tertiary/aromatic N) is 4. The van der Waals surface area contributed by atoms with Crippen LogP contribution >= 0.6 is 0 Å². The number of carbonyl (C=O) groups excluding carboxylic acids is 1. The minimum absolute atomic E-state index is 0.217. The molecule has 6 heteroatoms. The molecule has 0 bridgehead atoms. The van der Waals surface area contributed by atoms with Crippen LogP contribution in [0.5, 0.6) is 0 Å². The highest BCUT2D eigenvalue weighted by molar-refractivity contribution is 6.07. The van der Waals surface area contributed by atoms with Crippen molar-refractivity contribution in [3.63, 3.8) is 0 Å². The number of anilines is 1. The van der Waals surface area contributed by atoms with Crippen molar-refractivity contribution < 1.29 is 4.79 Å². The highest BCUT2D eigenvalue weighted by atomic mass is 16.1. The number of hydrogen-bond donors (Lipinski definition) is 1. The number of nitrogens with one attached hydrogen (secondary N) is 1. The van der Waals surface area contributed by atoms with Crippen LogP contribution in [0, 0.1) is 0 Å². The summed E-state index contributed by atoms with van der Waals surface area (Å²) in [5.41, 5.74) is 4.15. The van der Waals surface area contributed by atoms with Crippen LogP contribution in [0.15, 0.2) is 85.3 Å². The zero-order valence-corrected chi connectivity index (χ0v) is 14.8. The first-order chi connectivity index (χ1) is 13.8. The van der Waals surface area contributed by atoms with Crippen LogP contribution in [-0.4, -0.2) is 25.5 Å². The minimum Gasteiger partial charge on any atom is -0.306 e. The van der Waals surface area contributed by atoms with Gasteiger partial charge in [-0.1, -0.05) is 48.5 Å². The van der Waals surface area contributed by atoms with Gasteiger partial charge in [0.1, 0.15) is 5.82 Å². The van der Waals surface area contributed by atoms with E-state index >= 15 is 0 Å². The maximum atomic E-state index is 12.5. The molecule has 0 aliphatic carbocycles. The van der Waals surface area contributed by atoms with E-state index < -0.39 is 0 Å². The zero-order valence-electron chi connectivity index (χ0n) is 14.8. The summed E-state index contributed by atoms with van der Waals surface area (Å²) in [5.74, 6) is 0.239. The van der Waals surface area contributed by atoms with Crippen LogP contribution in [0.25, 0.3) is 27.7 Å². The molecule has 0 aliphatic rings. The third kappa shape index (κ3) is 2.68. The number of amides is 1. The van der Waals surface area contributed by atoms with Crippen LogP contribution in [0.1, 0.15) is 10.4 Å². The number of pyridine rings is 1. The van der Waals surface area contributed by atoms with Crippen LogP contribution in [0.4, 0.5) is 5.82 Å². The number of aromatic nitrogens is 4. The molecule has 0 atom stereocenters. The quantitative estimate of drug-likeness (QED) is 0.520. The Bertz CT molecular complexity index is 1300. The van der Waals surface area contributed by atoms with E-state index in [1.54, 1.807) is 35.2 Å². The molecule has 28 heavy (non-hydrogen) atoms. The number of rotatable bonds is 3. The van der Waals surface area contributed by atoms with Gasteiger partial charge in [-0.3, -0.25) is 4.79 Å². The maximum Gasteiger partial charge on any atom is 0.256 e. The van der Waals surface area contributed by atoms with Gasteiger partial charge in [-0.05, 0) is 23.8 Å². The number of carbonyl (C=O) groups is 1. The zero-order chi connectivity index (χ0) is 18.9. The molecular weight excluding hydrogens is 350 g/mol. The van der Waals surface area contributed by atoms with Crippen molar-refractivity contribution in [2.75, 3.05) is 5.32 Å². The minimum atomic E-state index is -0.217. The van der Waals surface area contributed by atoms with E-state index in [9.17, 15) is 4.79 Å². The molecule has 0 aliphatic heterocycles. The van der Waals surface area contributed by atoms with E-state index in [0.29, 0.717) is 11.4 Å². The Morgan fingerprint density at radius 2 is 1.61 bits per heavy atom. The first kappa shape index (κ1) is 16.1. The molecule has 0 fully saturated rings. The van der Waals surface area contributed by atoms with E-state index in [0.717, 1.165) is 27.7 Å². The molecule has 0 radical (unpaired) electrons. The summed E-state index contributed by atoms with van der Waals surface area (Å²) >= 11 is 0. The second kappa shape index (κ2) is 6.59. The predicted molar refractivity (Wildman–Crippen MR) is 108 cm³/mol. The molecule has 5 aromatic rings. The fourth-order valence-corrected chi connectivity index (χ4v) is 3.23. The van der Waals surface area contributed by atoms with Crippen molar-refractivity contribution >= 4 is 28.3 Å². The Balaban J connectivity index is 1.61. The Labute approximate surface area is 160 Å². The SMILES string of the molecule is O=C(Nc1nccc2c1cnc1c(-c3ccccc3)cnn12)c1ccccc1. The summed E-state index contributed by atoms with van der Waals surface area (Å²) in [6.45, 7) is 0. The summed E-state index contributed by atoms with van der Waals surface area (Å²) in [6.07, 6.45) is 5.19. The largest absolute Gasteiger partial charge is 0.306 e. The van der Waals surface area contributed by atoms with Crippen LogP contribution < -0.4 is 5.32 Å². The smallest absolute Gasteiger partial charge is 0.256 e. The second-order valence-corrected chi connectivity index (χ2v) is 6.33. The van der Waals surface area contributed by atoms with Gasteiger partial charge in [0.05, 0.1) is 17.1 Å². The number of benzene rings is 2. The van der Waals surface area contributed by atoms with E-state index in [4.69, 9.17) is 0 Å². The molecule has 3 heterocycles. The van der Waals surface area contributed by atoms with Crippen molar-refractivity contribution in [2.45, 2.75) is 0 Å². The van der Waals surface area contributed by atoms with Gasteiger partial charge in [0.15, 0.2) is 5.65 Å². The molecule has 5 rings (SSSR count). The lowest BCUT2D eigenvalue weighted by Gasteiger charge is -2.08. The lowest BCUT2D eigenvalue weighted by molar-refractivity contribution is 0.102. The summed E-state index contributed by atoms with van der Waals surface area (Å²) < 4.78 is 1.78. The molecule has 134 valence electrons. The fraction of sp³-hybridized carbons (Fsp3) is 0. The van der Waals surface area contributed by atoms with Gasteiger partial charge < -0.3 is 5.32 Å². The van der Waals surface area contributed by atoms with Crippen LogP contribution in [0.3, 0.4) is 0 Å². The van der Waals surface area contributed by atoms with Gasteiger partial charge in [-0.15, -0.1) is 0 Å². The van der Waals surface area contributed by atoms with E-state index in [2.05, 4.69) is 20.4 Å². The molecule has 0 saturated heterocycles. The van der Waals surface area contributed by atoms with Crippen molar-refractivity contribution in [3.8, 4) is 11.1 Å². The Hall–Kier alpha value is -4.06. The summed E-state index contributed by atoms with van der Waals surface area (Å²) in [4.78, 5) is 21.4. The lowest BCUT2D eigenvalue weighted by atomic mass is 10.1. The fourth-order valence-electron chi connectivity index (χ4n) is 3.23. The van der Waals surface area contributed by atoms with E-state index in [1.807, 2.05) is 54.6 Å². The number of hydrogen-bond acceptors (Lipinski definition) is 4. The van der Waals surface area contributed by atoms with Gasteiger partial charge in [0.25, 0.3) is 5.91 Å². The normalized spacial score (nSPS) is 11.0. The Morgan fingerprint density at radius 3 is 2.39 bits per heavy atom. The Morgan fingerprint density at radius 1 is 0.857 bits per heavy atom. The van der Waals surface area contributed by atoms with Gasteiger partial charge in [0.2, 0.25) is 0 Å². The average Bonchev–Trinajstić information content (AvgIpc) is 3.20. The molecule has 2 aromatic carbocycles. The van der Waals surface area contributed by atoms with Gasteiger partial charge in [-0.2, -0.15) is 5.10 Å². The second-order valence-electron chi connectivity index (χ2n) is 6.33. The van der Waals surface area contributed by atoms with Crippen molar-refractivity contribution in [1.29, 1.82) is 0 Å².